The molecule has 2 unspecified atom stereocenters. The van der Waals surface area contributed by atoms with E-state index in [-0.39, 0.29) is 0 Å². The minimum absolute atomic E-state index is 0.483. The maximum absolute atomic E-state index is 3.58. The minimum atomic E-state index is 0.483. The summed E-state index contributed by atoms with van der Waals surface area (Å²) in [5, 5.41) is 4.24. The zero-order valence-electron chi connectivity index (χ0n) is 9.86. The van der Waals surface area contributed by atoms with E-state index in [0.717, 1.165) is 6.54 Å². The summed E-state index contributed by atoms with van der Waals surface area (Å²) in [4.78, 5) is 0. The van der Waals surface area contributed by atoms with Crippen LogP contribution >= 0.6 is 11.8 Å². The van der Waals surface area contributed by atoms with E-state index in [4.69, 9.17) is 0 Å². The molecular weight excluding hydrogens is 202 g/mol. The summed E-state index contributed by atoms with van der Waals surface area (Å²) in [6.07, 6.45) is 3.40. The second-order valence-corrected chi connectivity index (χ2v) is 4.71. The highest BCUT2D eigenvalue weighted by molar-refractivity contribution is 7.99. The van der Waals surface area contributed by atoms with Gasteiger partial charge in [0.1, 0.15) is 0 Å². The number of thioether (sulfide) groups is 1. The maximum atomic E-state index is 3.58. The van der Waals surface area contributed by atoms with Gasteiger partial charge in [0.2, 0.25) is 0 Å². The zero-order valence-corrected chi connectivity index (χ0v) is 10.7. The lowest BCUT2D eigenvalue weighted by atomic mass is 10.0. The molecule has 1 N–H and O–H groups in total. The number of nitrogens with one attached hydrogen (secondary N) is 1. The Kier molecular flexibility index (Phi) is 5.81. The van der Waals surface area contributed by atoms with Crippen LogP contribution in [0, 0.1) is 0 Å². The lowest BCUT2D eigenvalue weighted by Gasteiger charge is -2.26. The molecule has 0 fully saturated rings. The molecule has 1 aromatic carbocycles. The Morgan fingerprint density at radius 1 is 1.20 bits per heavy atom. The first-order valence-corrected chi connectivity index (χ1v) is 6.93. The van der Waals surface area contributed by atoms with E-state index in [1.807, 2.05) is 11.8 Å². The monoisotopic (exact) mass is 223 g/mol. The summed E-state index contributed by atoms with van der Waals surface area (Å²) in [5.74, 6) is 0. The van der Waals surface area contributed by atoms with Crippen molar-refractivity contribution < 1.29 is 0 Å². The quantitative estimate of drug-likeness (QED) is 0.792. The van der Waals surface area contributed by atoms with Crippen LogP contribution in [0.1, 0.15) is 31.9 Å². The molecule has 1 aromatic rings. The molecule has 15 heavy (non-hydrogen) atoms. The van der Waals surface area contributed by atoms with E-state index in [0.29, 0.717) is 11.3 Å². The molecule has 2 atom stereocenters. The van der Waals surface area contributed by atoms with Crippen LogP contribution in [-0.4, -0.2) is 18.1 Å². The zero-order chi connectivity index (χ0) is 11.1. The molecule has 0 saturated heterocycles. The molecule has 0 radical (unpaired) electrons. The predicted octanol–water partition coefficient (Wildman–Crippen LogP) is 3.48. The van der Waals surface area contributed by atoms with Crippen molar-refractivity contribution >= 4 is 11.8 Å². The van der Waals surface area contributed by atoms with Gasteiger partial charge in [0.05, 0.1) is 0 Å². The molecule has 0 aliphatic heterocycles. The smallest absolute Gasteiger partial charge is 0.0440 e. The van der Waals surface area contributed by atoms with Crippen LogP contribution in [0.5, 0.6) is 0 Å². The Labute approximate surface area is 97.7 Å². The lowest BCUT2D eigenvalue weighted by Crippen LogP contribution is -2.29. The van der Waals surface area contributed by atoms with Crippen molar-refractivity contribution in [3.8, 4) is 0 Å². The minimum Gasteiger partial charge on any atom is -0.309 e. The summed E-state index contributed by atoms with van der Waals surface area (Å²) in [5.41, 5.74) is 1.40. The molecular formula is C13H21NS. The van der Waals surface area contributed by atoms with E-state index < -0.39 is 0 Å². The van der Waals surface area contributed by atoms with Gasteiger partial charge in [0.15, 0.2) is 0 Å². The molecule has 0 bridgehead atoms. The first kappa shape index (κ1) is 12.6. The fraction of sp³-hybridized carbons (Fsp3) is 0.538. The SMILES string of the molecule is CCNC(c1ccccc1)C(CC)SC. The molecule has 0 aliphatic carbocycles. The second-order valence-electron chi connectivity index (χ2n) is 3.63. The van der Waals surface area contributed by atoms with E-state index in [9.17, 15) is 0 Å². The maximum Gasteiger partial charge on any atom is 0.0440 e. The van der Waals surface area contributed by atoms with Gasteiger partial charge in [-0.25, -0.2) is 0 Å². The van der Waals surface area contributed by atoms with Gasteiger partial charge < -0.3 is 5.32 Å². The highest BCUT2D eigenvalue weighted by Gasteiger charge is 2.19. The number of hydrogen-bond acceptors (Lipinski definition) is 2. The third-order valence-corrected chi connectivity index (χ3v) is 3.87. The number of hydrogen-bond donors (Lipinski definition) is 1. The highest BCUT2D eigenvalue weighted by Crippen LogP contribution is 2.27. The van der Waals surface area contributed by atoms with E-state index in [1.165, 1.54) is 12.0 Å². The molecule has 2 heteroatoms. The van der Waals surface area contributed by atoms with Gasteiger partial charge in [0.25, 0.3) is 0 Å². The summed E-state index contributed by atoms with van der Waals surface area (Å²) >= 11 is 1.95. The number of rotatable bonds is 6. The summed E-state index contributed by atoms with van der Waals surface area (Å²) in [6.45, 7) is 5.45. The molecule has 0 aromatic heterocycles. The van der Waals surface area contributed by atoms with Crippen LogP contribution in [0.15, 0.2) is 30.3 Å². The topological polar surface area (TPSA) is 12.0 Å². The van der Waals surface area contributed by atoms with Crippen molar-refractivity contribution in [2.24, 2.45) is 0 Å². The Hall–Kier alpha value is -0.470. The van der Waals surface area contributed by atoms with Crippen molar-refractivity contribution in [3.63, 3.8) is 0 Å². The van der Waals surface area contributed by atoms with Gasteiger partial charge in [0, 0.05) is 11.3 Å². The Morgan fingerprint density at radius 2 is 1.87 bits per heavy atom. The fourth-order valence-electron chi connectivity index (χ4n) is 1.88. The number of benzene rings is 1. The van der Waals surface area contributed by atoms with Crippen LogP contribution in [0.4, 0.5) is 0 Å². The molecule has 84 valence electrons. The fourth-order valence-corrected chi connectivity index (χ4v) is 2.74. The first-order valence-electron chi connectivity index (χ1n) is 5.64. The van der Waals surface area contributed by atoms with Gasteiger partial charge in [-0.2, -0.15) is 11.8 Å². The Bertz CT molecular complexity index is 256. The summed E-state index contributed by atoms with van der Waals surface area (Å²) in [7, 11) is 0. The molecule has 0 aliphatic rings. The third-order valence-electron chi connectivity index (χ3n) is 2.66. The molecule has 0 saturated carbocycles. The largest absolute Gasteiger partial charge is 0.309 e. The van der Waals surface area contributed by atoms with E-state index in [2.05, 4.69) is 55.8 Å². The Balaban J connectivity index is 2.81. The molecule has 0 spiro atoms. The van der Waals surface area contributed by atoms with Crippen molar-refractivity contribution in [1.29, 1.82) is 0 Å². The normalized spacial score (nSPS) is 14.9. The average molecular weight is 223 g/mol. The van der Waals surface area contributed by atoms with Crippen LogP contribution in [0.25, 0.3) is 0 Å². The lowest BCUT2D eigenvalue weighted by molar-refractivity contribution is 0.522. The Morgan fingerprint density at radius 3 is 2.33 bits per heavy atom. The van der Waals surface area contributed by atoms with Gasteiger partial charge >= 0.3 is 0 Å². The van der Waals surface area contributed by atoms with Gasteiger partial charge in [-0.15, -0.1) is 0 Å². The predicted molar refractivity (Wildman–Crippen MR) is 70.5 cm³/mol. The van der Waals surface area contributed by atoms with Crippen molar-refractivity contribution in [2.45, 2.75) is 31.6 Å². The van der Waals surface area contributed by atoms with Gasteiger partial charge in [-0.1, -0.05) is 44.2 Å². The standard InChI is InChI=1S/C13H21NS/c1-4-12(15-3)13(14-5-2)11-9-7-6-8-10-11/h6-10,12-14H,4-5H2,1-3H3. The van der Waals surface area contributed by atoms with Crippen LogP contribution < -0.4 is 5.32 Å². The van der Waals surface area contributed by atoms with Crippen molar-refractivity contribution in [2.75, 3.05) is 12.8 Å². The van der Waals surface area contributed by atoms with Crippen molar-refractivity contribution in [1.82, 2.24) is 5.32 Å². The van der Waals surface area contributed by atoms with Gasteiger partial charge in [-0.3, -0.25) is 0 Å². The molecule has 0 amide bonds. The summed E-state index contributed by atoms with van der Waals surface area (Å²) in [6, 6.07) is 11.2. The molecule has 1 nitrogen and oxygen atoms in total. The third kappa shape index (κ3) is 3.54. The van der Waals surface area contributed by atoms with Crippen LogP contribution in [0.2, 0.25) is 0 Å². The molecule has 0 heterocycles. The van der Waals surface area contributed by atoms with Crippen LogP contribution in [-0.2, 0) is 0 Å². The second kappa shape index (κ2) is 6.91. The van der Waals surface area contributed by atoms with Crippen LogP contribution in [0.3, 0.4) is 0 Å². The average Bonchev–Trinajstić information content (AvgIpc) is 2.30. The van der Waals surface area contributed by atoms with E-state index >= 15 is 0 Å². The first-order chi connectivity index (χ1) is 7.33. The molecule has 1 rings (SSSR count). The van der Waals surface area contributed by atoms with E-state index in [1.54, 1.807) is 0 Å². The summed E-state index contributed by atoms with van der Waals surface area (Å²) < 4.78 is 0. The van der Waals surface area contributed by atoms with Gasteiger partial charge in [-0.05, 0) is 24.8 Å². The van der Waals surface area contributed by atoms with Crippen molar-refractivity contribution in [3.05, 3.63) is 35.9 Å². The highest BCUT2D eigenvalue weighted by atomic mass is 32.2.